The van der Waals surface area contributed by atoms with Crippen molar-refractivity contribution in [1.82, 2.24) is 16.0 Å². The fourth-order valence-electron chi connectivity index (χ4n) is 7.58. The van der Waals surface area contributed by atoms with Crippen molar-refractivity contribution in [3.05, 3.63) is 119 Å². The van der Waals surface area contributed by atoms with Gasteiger partial charge in [0.1, 0.15) is 18.1 Å². The zero-order valence-electron chi connectivity index (χ0n) is 44.4. The minimum atomic E-state index is -1.20. The number of nitrogens with two attached hydrogens (primary N) is 10. The first-order valence-corrected chi connectivity index (χ1v) is 25.4. The van der Waals surface area contributed by atoms with Crippen LogP contribution in [0.5, 0.6) is 0 Å². The highest BCUT2D eigenvalue weighted by Gasteiger charge is 2.26. The Bertz CT molecular complexity index is 2990. The van der Waals surface area contributed by atoms with Crippen molar-refractivity contribution in [3.8, 4) is 0 Å². The summed E-state index contributed by atoms with van der Waals surface area (Å²) in [6.45, 7) is 0.692. The lowest BCUT2D eigenvalue weighted by Crippen LogP contribution is -2.44. The van der Waals surface area contributed by atoms with E-state index in [1.807, 2.05) is 0 Å². The largest absolute Gasteiger partial charge is 0.370 e. The number of hydrogen-bond donors (Lipinski definition) is 17. The smallest absolute Gasteiger partial charge is 0.252 e. The third-order valence-electron chi connectivity index (χ3n) is 11.6. The Balaban J connectivity index is 1.48. The maximum absolute atomic E-state index is 14.0. The van der Waals surface area contributed by atoms with Crippen molar-refractivity contribution in [3.63, 3.8) is 0 Å². The molecule has 4 aromatic carbocycles. The molecular formula is C52H71N21O8. The van der Waals surface area contributed by atoms with Crippen LogP contribution in [0.3, 0.4) is 0 Å². The number of nitrogens with zero attached hydrogens (tertiary/aromatic N) is 4. The van der Waals surface area contributed by atoms with Crippen LogP contribution in [-0.2, 0) is 19.2 Å². The minimum absolute atomic E-state index is 0.0339. The van der Waals surface area contributed by atoms with Gasteiger partial charge in [0, 0.05) is 71.2 Å². The van der Waals surface area contributed by atoms with Crippen molar-refractivity contribution in [2.45, 2.75) is 75.5 Å². The summed E-state index contributed by atoms with van der Waals surface area (Å²) < 4.78 is 0. The summed E-state index contributed by atoms with van der Waals surface area (Å²) in [6.07, 6.45) is 1.73. The summed E-state index contributed by atoms with van der Waals surface area (Å²) in [6, 6.07) is 19.2. The molecule has 81 heavy (non-hydrogen) atoms. The highest BCUT2D eigenvalue weighted by atomic mass is 16.2. The number of benzene rings is 4. The van der Waals surface area contributed by atoms with E-state index in [9.17, 15) is 38.4 Å². The lowest BCUT2D eigenvalue weighted by atomic mass is 10.1. The number of hydrogen-bond acceptors (Lipinski definition) is 13. The lowest BCUT2D eigenvalue weighted by Gasteiger charge is -2.20. The Hall–Kier alpha value is -10.3. The van der Waals surface area contributed by atoms with Gasteiger partial charge in [0.2, 0.25) is 29.5 Å². The molecule has 29 nitrogen and oxygen atoms in total. The summed E-state index contributed by atoms with van der Waals surface area (Å²) in [5.74, 6) is -5.80. The monoisotopic (exact) mass is 1120 g/mol. The maximum Gasteiger partial charge on any atom is 0.252 e. The van der Waals surface area contributed by atoms with Gasteiger partial charge in [0.05, 0.1) is 6.04 Å². The number of primary amides is 1. The Morgan fingerprint density at radius 1 is 0.358 bits per heavy atom. The van der Waals surface area contributed by atoms with E-state index in [1.54, 1.807) is 12.1 Å². The molecule has 0 aromatic heterocycles. The summed E-state index contributed by atoms with van der Waals surface area (Å²) in [5.41, 5.74) is 56.3. The van der Waals surface area contributed by atoms with Gasteiger partial charge in [-0.05, 0) is 124 Å². The Morgan fingerprint density at radius 2 is 0.617 bits per heavy atom. The normalized spacial score (nSPS) is 12.0. The summed E-state index contributed by atoms with van der Waals surface area (Å²) in [4.78, 5) is 123. The Morgan fingerprint density at radius 3 is 0.901 bits per heavy atom. The van der Waals surface area contributed by atoms with Gasteiger partial charge in [-0.1, -0.05) is 24.3 Å². The molecule has 0 radical (unpaired) electrons. The van der Waals surface area contributed by atoms with Crippen molar-refractivity contribution < 1.29 is 38.4 Å². The SMILES string of the molecule is NC(=O)c1cccc(NC(=O)[C@@H](CCCN=C(N)N)NC(=O)c2cccc(NC(=O)[C@@H](CCCN=C(N)N)NC(=O)c3cccc(NC(=O)[C@@H](CCCN=C(N)N)NC(=O)c4cccc(NC(=O)[C@H](N)CCCN=C(N)N)c4)c3)c2)c1. The zero-order valence-corrected chi connectivity index (χ0v) is 44.4. The number of amides is 8. The van der Waals surface area contributed by atoms with E-state index in [0.29, 0.717) is 6.42 Å². The molecule has 4 atom stereocenters. The number of nitrogens with one attached hydrogen (secondary N) is 7. The van der Waals surface area contributed by atoms with Crippen LogP contribution in [-0.4, -0.2) is 121 Å². The second kappa shape index (κ2) is 32.4. The van der Waals surface area contributed by atoms with E-state index in [4.69, 9.17) is 57.3 Å². The number of guanidine groups is 4. The van der Waals surface area contributed by atoms with Gasteiger partial charge in [-0.25, -0.2) is 0 Å². The quantitative estimate of drug-likeness (QED) is 0.0155. The first-order chi connectivity index (χ1) is 38.6. The van der Waals surface area contributed by atoms with Gasteiger partial charge in [-0.15, -0.1) is 0 Å². The average Bonchev–Trinajstić information content (AvgIpc) is 3.43. The lowest BCUT2D eigenvalue weighted by molar-refractivity contribution is -0.118. The highest BCUT2D eigenvalue weighted by molar-refractivity contribution is 6.06. The number of aliphatic imine (C=N–C) groups is 4. The van der Waals surface area contributed by atoms with Gasteiger partial charge < -0.3 is 94.6 Å². The number of carbonyl (C=O) groups excluding carboxylic acids is 8. The maximum atomic E-state index is 14.0. The van der Waals surface area contributed by atoms with Crippen LogP contribution in [0.2, 0.25) is 0 Å². The molecule has 0 aliphatic carbocycles. The average molecular weight is 1120 g/mol. The molecule has 0 aliphatic heterocycles. The van der Waals surface area contributed by atoms with Crippen LogP contribution in [0.1, 0.15) is 92.8 Å². The number of anilines is 4. The van der Waals surface area contributed by atoms with E-state index in [1.165, 1.54) is 84.9 Å². The third kappa shape index (κ3) is 23.0. The van der Waals surface area contributed by atoms with Gasteiger partial charge in [-0.3, -0.25) is 58.3 Å². The molecule has 4 rings (SSSR count). The molecule has 27 N–H and O–H groups in total. The van der Waals surface area contributed by atoms with E-state index >= 15 is 0 Å². The summed E-state index contributed by atoms with van der Waals surface area (Å²) >= 11 is 0. The summed E-state index contributed by atoms with van der Waals surface area (Å²) in [7, 11) is 0. The zero-order chi connectivity index (χ0) is 59.4. The third-order valence-corrected chi connectivity index (χ3v) is 11.6. The molecular weight excluding hydrogens is 1050 g/mol. The molecule has 29 heteroatoms. The molecule has 0 aliphatic rings. The molecule has 0 unspecified atom stereocenters. The fraction of sp³-hybridized carbons (Fsp3) is 0.308. The van der Waals surface area contributed by atoms with Crippen molar-refractivity contribution in [2.24, 2.45) is 77.3 Å². The molecule has 4 aromatic rings. The number of carbonyl (C=O) groups is 8. The highest BCUT2D eigenvalue weighted by Crippen LogP contribution is 2.18. The van der Waals surface area contributed by atoms with Crippen LogP contribution in [0.25, 0.3) is 0 Å². The van der Waals surface area contributed by atoms with Crippen molar-refractivity contribution in [2.75, 3.05) is 47.4 Å². The first-order valence-electron chi connectivity index (χ1n) is 25.4. The van der Waals surface area contributed by atoms with E-state index in [-0.39, 0.29) is 140 Å². The second-order valence-corrected chi connectivity index (χ2v) is 18.1. The van der Waals surface area contributed by atoms with Crippen molar-refractivity contribution >= 4 is 93.8 Å². The Kier molecular flexibility index (Phi) is 25.3. The molecule has 0 saturated heterocycles. The molecule has 0 heterocycles. The summed E-state index contributed by atoms with van der Waals surface area (Å²) in [5, 5.41) is 19.0. The van der Waals surface area contributed by atoms with E-state index in [2.05, 4.69) is 57.2 Å². The molecule has 0 fully saturated rings. The van der Waals surface area contributed by atoms with Crippen LogP contribution < -0.4 is 94.6 Å². The van der Waals surface area contributed by atoms with Gasteiger partial charge in [0.15, 0.2) is 23.8 Å². The predicted octanol–water partition coefficient (Wildman–Crippen LogP) is -1.52. The standard InChI is InChI=1S/C52H71N21O8/c53-37(17-5-21-63-49(55)56)45(78)67-34-14-2-10-30(26-34)42(75)72-39(19-7-23-65-51(59)60)47(80)69-36-16-4-12-32(28-36)44(77)73-40(20-8-24-66-52(61)62)48(81)70-35-15-3-11-31(27-35)43(76)71-38(18-6-22-64-50(57)58)46(79)68-33-13-1-9-29(25-33)41(54)74/h1-4,9-16,25-28,37-40H,5-8,17-24,53H2,(H2,54,74)(H,67,78)(H,68,79)(H,69,80)(H,70,81)(H,71,76)(H,72,75)(H,73,77)(H4,55,56,63)(H4,57,58,64)(H4,59,60,65)(H4,61,62,66)/t37-,38-,39-,40-/m1/s1. The van der Waals surface area contributed by atoms with Crippen LogP contribution in [0, 0.1) is 0 Å². The fourth-order valence-corrected chi connectivity index (χ4v) is 7.58. The van der Waals surface area contributed by atoms with Gasteiger partial charge >= 0.3 is 0 Å². The topological polar surface area (TPSA) is 530 Å². The molecule has 0 bridgehead atoms. The molecule has 432 valence electrons. The Labute approximate surface area is 466 Å². The van der Waals surface area contributed by atoms with Gasteiger partial charge in [0.25, 0.3) is 17.7 Å². The predicted molar refractivity (Wildman–Crippen MR) is 310 cm³/mol. The molecule has 0 saturated carbocycles. The van der Waals surface area contributed by atoms with E-state index < -0.39 is 71.4 Å². The number of rotatable bonds is 31. The first kappa shape index (κ1) is 63.2. The van der Waals surface area contributed by atoms with E-state index in [0.717, 1.165) is 0 Å². The molecule has 0 spiro atoms. The second-order valence-electron chi connectivity index (χ2n) is 18.1. The van der Waals surface area contributed by atoms with Crippen LogP contribution in [0.15, 0.2) is 117 Å². The van der Waals surface area contributed by atoms with Crippen LogP contribution >= 0.6 is 0 Å². The van der Waals surface area contributed by atoms with Gasteiger partial charge in [-0.2, -0.15) is 0 Å². The molecule has 8 amide bonds. The van der Waals surface area contributed by atoms with Crippen LogP contribution in [0.4, 0.5) is 22.7 Å². The minimum Gasteiger partial charge on any atom is -0.370 e. The van der Waals surface area contributed by atoms with Crippen molar-refractivity contribution in [1.29, 1.82) is 0 Å².